The number of fused-ring (bicyclic) bond motifs is 5. The van der Waals surface area contributed by atoms with Gasteiger partial charge in [0, 0.05) is 22.1 Å². The van der Waals surface area contributed by atoms with Gasteiger partial charge in [-0.25, -0.2) is 0 Å². The highest BCUT2D eigenvalue weighted by Gasteiger charge is 2.38. The Balaban J connectivity index is 1.20. The minimum absolute atomic E-state index is 0.114. The molecule has 0 N–H and O–H groups in total. The number of nitrogens with zero attached hydrogens (tertiary/aromatic N) is 1. The summed E-state index contributed by atoms with van der Waals surface area (Å²) < 4.78 is 2.51. The first-order valence-electron chi connectivity index (χ1n) is 17.7. The second-order valence-corrected chi connectivity index (χ2v) is 14.5. The summed E-state index contributed by atoms with van der Waals surface area (Å²) in [6.45, 7) is 9.38. The zero-order valence-corrected chi connectivity index (χ0v) is 28.9. The predicted molar refractivity (Wildman–Crippen MR) is 213 cm³/mol. The van der Waals surface area contributed by atoms with Crippen molar-refractivity contribution in [3.63, 3.8) is 0 Å². The smallest absolute Gasteiger partial charge is 0.0576 e. The molecule has 2 aliphatic rings. The molecule has 0 saturated heterocycles. The number of hydrogen-bond donors (Lipinski definition) is 0. The first kappa shape index (κ1) is 29.0. The number of aryl methyl sites for hydroxylation is 1. The highest BCUT2D eigenvalue weighted by Crippen LogP contribution is 2.53. The molecule has 0 atom stereocenters. The number of para-hydroxylation sites is 1. The second kappa shape index (κ2) is 10.5. The van der Waals surface area contributed by atoms with E-state index in [1.54, 1.807) is 0 Å². The van der Waals surface area contributed by atoms with Gasteiger partial charge in [-0.3, -0.25) is 0 Å². The fraction of sp³-hybridized carbons (Fsp3) is 0.102. The van der Waals surface area contributed by atoms with Crippen molar-refractivity contribution >= 4 is 32.8 Å². The standard InChI is InChI=1S/C49H37N/c1-30-34-17-9-11-25-44(34)49(3,4)47(30)42-21-7-8-22-43(42)48-31(2)35-18-10-12-26-45(35)50(48)33-16-13-15-32(29-33)36-27-28-41-38-20-6-5-19-37(38)40-24-14-23-39(36)46(40)41/h5-29H,1-4H3. The maximum absolute atomic E-state index is 2.51. The lowest BCUT2D eigenvalue weighted by molar-refractivity contribution is 0.704. The van der Waals surface area contributed by atoms with Crippen molar-refractivity contribution in [2.45, 2.75) is 33.1 Å². The van der Waals surface area contributed by atoms with Crippen molar-refractivity contribution in [3.05, 3.63) is 174 Å². The zero-order valence-electron chi connectivity index (χ0n) is 28.9. The Hall–Kier alpha value is -5.92. The molecule has 0 aliphatic heterocycles. The van der Waals surface area contributed by atoms with E-state index in [2.05, 4.69) is 184 Å². The van der Waals surface area contributed by atoms with Crippen LogP contribution in [-0.2, 0) is 5.41 Å². The first-order chi connectivity index (χ1) is 24.4. The molecule has 0 saturated carbocycles. The van der Waals surface area contributed by atoms with Crippen molar-refractivity contribution in [3.8, 4) is 50.3 Å². The minimum Gasteiger partial charge on any atom is -0.309 e. The van der Waals surface area contributed by atoms with Crippen molar-refractivity contribution in [2.75, 3.05) is 0 Å². The van der Waals surface area contributed by atoms with E-state index in [9.17, 15) is 0 Å². The Bertz CT molecular complexity index is 2720. The monoisotopic (exact) mass is 639 g/mol. The molecule has 2 aliphatic carbocycles. The summed E-state index contributed by atoms with van der Waals surface area (Å²) in [7, 11) is 0. The molecule has 1 heteroatoms. The molecule has 1 nitrogen and oxygen atoms in total. The summed E-state index contributed by atoms with van der Waals surface area (Å²) in [6, 6.07) is 56.3. The van der Waals surface area contributed by atoms with Crippen LogP contribution in [0.5, 0.6) is 0 Å². The first-order valence-corrected chi connectivity index (χ1v) is 17.7. The van der Waals surface area contributed by atoms with Crippen LogP contribution in [0, 0.1) is 6.92 Å². The van der Waals surface area contributed by atoms with E-state index < -0.39 is 0 Å². The van der Waals surface area contributed by atoms with Gasteiger partial charge in [-0.15, -0.1) is 0 Å². The maximum atomic E-state index is 2.51. The molecule has 0 unspecified atom stereocenters. The van der Waals surface area contributed by atoms with Gasteiger partial charge in [0.2, 0.25) is 0 Å². The highest BCUT2D eigenvalue weighted by molar-refractivity contribution is 6.18. The van der Waals surface area contributed by atoms with Gasteiger partial charge < -0.3 is 4.57 Å². The van der Waals surface area contributed by atoms with Crippen molar-refractivity contribution in [1.29, 1.82) is 0 Å². The molecule has 50 heavy (non-hydrogen) atoms. The molecule has 1 heterocycles. The lowest BCUT2D eigenvalue weighted by Gasteiger charge is -2.27. The summed E-state index contributed by atoms with van der Waals surface area (Å²) in [5, 5.41) is 3.95. The van der Waals surface area contributed by atoms with Gasteiger partial charge in [0.1, 0.15) is 0 Å². The summed E-state index contributed by atoms with van der Waals surface area (Å²) in [5.41, 5.74) is 20.8. The Morgan fingerprint density at radius 3 is 1.82 bits per heavy atom. The van der Waals surface area contributed by atoms with Crippen LogP contribution in [0.2, 0.25) is 0 Å². The molecule has 7 aromatic carbocycles. The Kier molecular flexibility index (Phi) is 6.12. The summed E-state index contributed by atoms with van der Waals surface area (Å²) in [5.74, 6) is 0. The lowest BCUT2D eigenvalue weighted by atomic mass is 9.76. The normalized spacial score (nSPS) is 14.1. The van der Waals surface area contributed by atoms with E-state index >= 15 is 0 Å². The van der Waals surface area contributed by atoms with Gasteiger partial charge in [0.15, 0.2) is 0 Å². The average Bonchev–Trinajstić information content (AvgIpc) is 3.72. The molecule has 0 bridgehead atoms. The van der Waals surface area contributed by atoms with Crippen LogP contribution < -0.4 is 0 Å². The third kappa shape index (κ3) is 3.89. The van der Waals surface area contributed by atoms with E-state index in [-0.39, 0.29) is 5.41 Å². The number of aromatic nitrogens is 1. The summed E-state index contributed by atoms with van der Waals surface area (Å²) in [6.07, 6.45) is 0. The van der Waals surface area contributed by atoms with Gasteiger partial charge >= 0.3 is 0 Å². The molecule has 0 spiro atoms. The fourth-order valence-electron chi connectivity index (χ4n) is 9.40. The van der Waals surface area contributed by atoms with E-state index in [0.29, 0.717) is 0 Å². The fourth-order valence-corrected chi connectivity index (χ4v) is 9.40. The van der Waals surface area contributed by atoms with E-state index in [0.717, 1.165) is 0 Å². The van der Waals surface area contributed by atoms with Crippen molar-refractivity contribution < 1.29 is 0 Å². The number of hydrogen-bond acceptors (Lipinski definition) is 0. The molecular weight excluding hydrogens is 603 g/mol. The van der Waals surface area contributed by atoms with E-state index in [4.69, 9.17) is 0 Å². The van der Waals surface area contributed by atoms with Gasteiger partial charge in [0.25, 0.3) is 0 Å². The number of allylic oxidation sites excluding steroid dienone is 2. The summed E-state index contributed by atoms with van der Waals surface area (Å²) >= 11 is 0. The Morgan fingerprint density at radius 2 is 1.04 bits per heavy atom. The quantitative estimate of drug-likeness (QED) is 0.181. The van der Waals surface area contributed by atoms with Crippen LogP contribution in [0.3, 0.4) is 0 Å². The molecule has 8 aromatic rings. The minimum atomic E-state index is -0.114. The SMILES string of the molecule is CC1=C(c2ccccc2-c2c(C)c3ccccc3n2-c2cccc(-c3ccc4c5c(cccc35)-c3ccccc3-4)c2)C(C)(C)c2ccccc21. The third-order valence-corrected chi connectivity index (χ3v) is 11.5. The van der Waals surface area contributed by atoms with Gasteiger partial charge in [0.05, 0.1) is 11.2 Å². The van der Waals surface area contributed by atoms with Gasteiger partial charge in [-0.1, -0.05) is 147 Å². The van der Waals surface area contributed by atoms with Gasteiger partial charge in [-0.05, 0) is 110 Å². The molecule has 1 aromatic heterocycles. The van der Waals surface area contributed by atoms with Crippen LogP contribution in [0.1, 0.15) is 43.0 Å². The maximum Gasteiger partial charge on any atom is 0.0576 e. The molecule has 10 rings (SSSR count). The van der Waals surface area contributed by atoms with Crippen LogP contribution >= 0.6 is 0 Å². The van der Waals surface area contributed by atoms with Crippen LogP contribution in [0.25, 0.3) is 83.1 Å². The Morgan fingerprint density at radius 1 is 0.460 bits per heavy atom. The van der Waals surface area contributed by atoms with Crippen LogP contribution in [-0.4, -0.2) is 4.57 Å². The molecule has 238 valence electrons. The average molecular weight is 640 g/mol. The lowest BCUT2D eigenvalue weighted by Crippen LogP contribution is -2.17. The zero-order chi connectivity index (χ0) is 33.7. The van der Waals surface area contributed by atoms with Crippen molar-refractivity contribution in [1.82, 2.24) is 4.57 Å². The van der Waals surface area contributed by atoms with E-state index in [1.807, 2.05) is 0 Å². The topological polar surface area (TPSA) is 4.93 Å². The molecule has 0 fully saturated rings. The number of rotatable bonds is 4. The molecule has 0 amide bonds. The largest absolute Gasteiger partial charge is 0.309 e. The van der Waals surface area contributed by atoms with E-state index in [1.165, 1.54) is 105 Å². The number of benzene rings is 7. The second-order valence-electron chi connectivity index (χ2n) is 14.5. The van der Waals surface area contributed by atoms with Crippen molar-refractivity contribution in [2.24, 2.45) is 0 Å². The van der Waals surface area contributed by atoms with Crippen LogP contribution in [0.4, 0.5) is 0 Å². The summed E-state index contributed by atoms with van der Waals surface area (Å²) in [4.78, 5) is 0. The third-order valence-electron chi connectivity index (χ3n) is 11.5. The van der Waals surface area contributed by atoms with Crippen LogP contribution in [0.15, 0.2) is 152 Å². The Labute approximate surface area is 293 Å². The highest BCUT2D eigenvalue weighted by atomic mass is 15.0. The predicted octanol–water partition coefficient (Wildman–Crippen LogP) is 13.3. The van der Waals surface area contributed by atoms with Gasteiger partial charge in [-0.2, -0.15) is 0 Å². The molecule has 0 radical (unpaired) electrons. The molecular formula is C49H37N.